The van der Waals surface area contributed by atoms with E-state index in [-0.39, 0.29) is 0 Å². The molecular formula is C12H11ClN2. The Balaban J connectivity index is 2.25. The highest BCUT2D eigenvalue weighted by Gasteiger charge is 2.01. The third-order valence-electron chi connectivity index (χ3n) is 2.07. The molecule has 0 amide bonds. The van der Waals surface area contributed by atoms with Crippen LogP contribution in [0.15, 0.2) is 36.4 Å². The monoisotopic (exact) mass is 218 g/mol. The maximum Gasteiger partial charge on any atom is 0.134 e. The Bertz CT molecular complexity index is 434. The van der Waals surface area contributed by atoms with E-state index >= 15 is 0 Å². The summed E-state index contributed by atoms with van der Waals surface area (Å²) in [5.74, 6) is 0.770. The number of hydrogen-bond acceptors (Lipinski definition) is 2. The first-order valence-electron chi connectivity index (χ1n) is 4.78. The van der Waals surface area contributed by atoms with Crippen molar-refractivity contribution in [1.82, 2.24) is 9.97 Å². The zero-order chi connectivity index (χ0) is 10.7. The van der Waals surface area contributed by atoms with Crippen LogP contribution in [0, 0.1) is 6.92 Å². The summed E-state index contributed by atoms with van der Waals surface area (Å²) < 4.78 is 0. The van der Waals surface area contributed by atoms with Gasteiger partial charge in [0, 0.05) is 12.1 Å². The smallest absolute Gasteiger partial charge is 0.134 e. The van der Waals surface area contributed by atoms with Crippen molar-refractivity contribution < 1.29 is 0 Å². The number of nitrogens with zero attached hydrogens (tertiary/aromatic N) is 2. The molecule has 0 saturated heterocycles. The van der Waals surface area contributed by atoms with Gasteiger partial charge in [-0.1, -0.05) is 41.9 Å². The second-order valence-electron chi connectivity index (χ2n) is 3.41. The number of aryl methyl sites for hydroxylation is 1. The molecule has 0 fully saturated rings. The standard InChI is InChI=1S/C12H11ClN2/c1-9-7-11(13)15-12(14-9)8-10-5-3-2-4-6-10/h2-7H,8H2,1H3. The Morgan fingerprint density at radius 3 is 2.53 bits per heavy atom. The number of aromatic nitrogens is 2. The van der Waals surface area contributed by atoms with Crippen LogP contribution >= 0.6 is 11.6 Å². The van der Waals surface area contributed by atoms with Crippen LogP contribution in [0.3, 0.4) is 0 Å². The first-order valence-corrected chi connectivity index (χ1v) is 5.16. The minimum absolute atomic E-state index is 0.508. The van der Waals surface area contributed by atoms with E-state index in [1.807, 2.05) is 25.1 Å². The number of hydrogen-bond donors (Lipinski definition) is 0. The third kappa shape index (κ3) is 2.77. The molecule has 1 heterocycles. The van der Waals surface area contributed by atoms with Gasteiger partial charge in [0.25, 0.3) is 0 Å². The molecule has 76 valence electrons. The zero-order valence-electron chi connectivity index (χ0n) is 8.44. The number of benzene rings is 1. The highest BCUT2D eigenvalue weighted by atomic mass is 35.5. The van der Waals surface area contributed by atoms with Crippen molar-refractivity contribution in [1.29, 1.82) is 0 Å². The van der Waals surface area contributed by atoms with E-state index < -0.39 is 0 Å². The Morgan fingerprint density at radius 1 is 1.13 bits per heavy atom. The molecule has 1 aromatic carbocycles. The minimum Gasteiger partial charge on any atom is -0.238 e. The average molecular weight is 219 g/mol. The first-order chi connectivity index (χ1) is 7.24. The lowest BCUT2D eigenvalue weighted by Gasteiger charge is -2.02. The van der Waals surface area contributed by atoms with Crippen molar-refractivity contribution in [2.24, 2.45) is 0 Å². The van der Waals surface area contributed by atoms with Crippen molar-refractivity contribution >= 4 is 11.6 Å². The van der Waals surface area contributed by atoms with E-state index in [0.29, 0.717) is 5.15 Å². The lowest BCUT2D eigenvalue weighted by Crippen LogP contribution is -1.98. The molecular weight excluding hydrogens is 208 g/mol. The van der Waals surface area contributed by atoms with Crippen molar-refractivity contribution in [2.45, 2.75) is 13.3 Å². The fourth-order valence-corrected chi connectivity index (χ4v) is 1.70. The summed E-state index contributed by atoms with van der Waals surface area (Å²) in [7, 11) is 0. The first kappa shape index (κ1) is 10.1. The van der Waals surface area contributed by atoms with E-state index in [0.717, 1.165) is 17.9 Å². The molecule has 2 nitrogen and oxygen atoms in total. The maximum absolute atomic E-state index is 5.87. The highest BCUT2D eigenvalue weighted by molar-refractivity contribution is 6.29. The van der Waals surface area contributed by atoms with Crippen LogP contribution in [0.5, 0.6) is 0 Å². The fourth-order valence-electron chi connectivity index (χ4n) is 1.45. The largest absolute Gasteiger partial charge is 0.238 e. The molecule has 0 aliphatic heterocycles. The van der Waals surface area contributed by atoms with Crippen LogP contribution in [0.2, 0.25) is 5.15 Å². The molecule has 0 aliphatic rings. The topological polar surface area (TPSA) is 25.8 Å². The van der Waals surface area contributed by atoms with Crippen molar-refractivity contribution in [3.63, 3.8) is 0 Å². The van der Waals surface area contributed by atoms with Crippen molar-refractivity contribution in [3.05, 3.63) is 58.6 Å². The third-order valence-corrected chi connectivity index (χ3v) is 2.27. The summed E-state index contributed by atoms with van der Waals surface area (Å²) in [6.45, 7) is 1.92. The normalized spacial score (nSPS) is 10.3. The van der Waals surface area contributed by atoms with Crippen LogP contribution < -0.4 is 0 Å². The Kier molecular flexibility index (Phi) is 2.97. The lowest BCUT2D eigenvalue weighted by atomic mass is 10.1. The predicted molar refractivity (Wildman–Crippen MR) is 61.0 cm³/mol. The molecule has 15 heavy (non-hydrogen) atoms. The fraction of sp³-hybridized carbons (Fsp3) is 0.167. The summed E-state index contributed by atoms with van der Waals surface area (Å²) in [6.07, 6.45) is 0.724. The van der Waals surface area contributed by atoms with E-state index in [1.165, 1.54) is 5.56 Å². The van der Waals surface area contributed by atoms with Crippen molar-refractivity contribution in [2.75, 3.05) is 0 Å². The predicted octanol–water partition coefficient (Wildman–Crippen LogP) is 3.03. The van der Waals surface area contributed by atoms with Gasteiger partial charge in [-0.2, -0.15) is 0 Å². The Morgan fingerprint density at radius 2 is 1.87 bits per heavy atom. The molecule has 2 rings (SSSR count). The second kappa shape index (κ2) is 4.41. The van der Waals surface area contributed by atoms with Gasteiger partial charge < -0.3 is 0 Å². The van der Waals surface area contributed by atoms with Gasteiger partial charge in [-0.15, -0.1) is 0 Å². The molecule has 0 N–H and O–H groups in total. The van der Waals surface area contributed by atoms with Gasteiger partial charge >= 0.3 is 0 Å². The lowest BCUT2D eigenvalue weighted by molar-refractivity contribution is 0.943. The van der Waals surface area contributed by atoms with Gasteiger partial charge in [0.2, 0.25) is 0 Å². The van der Waals surface area contributed by atoms with Gasteiger partial charge in [-0.3, -0.25) is 0 Å². The molecule has 0 aliphatic carbocycles. The van der Waals surface area contributed by atoms with Gasteiger partial charge in [-0.25, -0.2) is 9.97 Å². The van der Waals surface area contributed by atoms with E-state index in [9.17, 15) is 0 Å². The summed E-state index contributed by atoms with van der Waals surface area (Å²) >= 11 is 5.87. The molecule has 0 radical (unpaired) electrons. The Hall–Kier alpha value is -1.41. The minimum atomic E-state index is 0.508. The number of halogens is 1. The van der Waals surface area contributed by atoms with Crippen LogP contribution in [-0.4, -0.2) is 9.97 Å². The van der Waals surface area contributed by atoms with E-state index in [1.54, 1.807) is 6.07 Å². The summed E-state index contributed by atoms with van der Waals surface area (Å²) in [4.78, 5) is 8.52. The molecule has 3 heteroatoms. The molecule has 0 spiro atoms. The highest BCUT2D eigenvalue weighted by Crippen LogP contribution is 2.10. The second-order valence-corrected chi connectivity index (χ2v) is 3.80. The van der Waals surface area contributed by atoms with Crippen LogP contribution in [0.25, 0.3) is 0 Å². The molecule has 0 saturated carbocycles. The zero-order valence-corrected chi connectivity index (χ0v) is 9.20. The van der Waals surface area contributed by atoms with E-state index in [4.69, 9.17) is 11.6 Å². The summed E-state index contributed by atoms with van der Waals surface area (Å²) in [5, 5.41) is 0.508. The van der Waals surface area contributed by atoms with Crippen LogP contribution in [0.4, 0.5) is 0 Å². The van der Waals surface area contributed by atoms with Crippen LogP contribution in [-0.2, 0) is 6.42 Å². The molecule has 2 aromatic rings. The van der Waals surface area contributed by atoms with Gasteiger partial charge in [-0.05, 0) is 18.6 Å². The Labute approximate surface area is 94.0 Å². The molecule has 1 aromatic heterocycles. The van der Waals surface area contributed by atoms with Crippen LogP contribution in [0.1, 0.15) is 17.1 Å². The SMILES string of the molecule is Cc1cc(Cl)nc(Cc2ccccc2)n1. The quantitative estimate of drug-likeness (QED) is 0.725. The molecule has 0 bridgehead atoms. The summed E-state index contributed by atoms with van der Waals surface area (Å²) in [5.41, 5.74) is 2.10. The average Bonchev–Trinajstić information content (AvgIpc) is 2.17. The van der Waals surface area contributed by atoms with Gasteiger partial charge in [0.1, 0.15) is 11.0 Å². The maximum atomic E-state index is 5.87. The van der Waals surface area contributed by atoms with Gasteiger partial charge in [0.15, 0.2) is 0 Å². The summed E-state index contributed by atoms with van der Waals surface area (Å²) in [6, 6.07) is 11.9. The van der Waals surface area contributed by atoms with E-state index in [2.05, 4.69) is 22.1 Å². The molecule has 0 atom stereocenters. The number of rotatable bonds is 2. The molecule has 0 unspecified atom stereocenters. The van der Waals surface area contributed by atoms with Gasteiger partial charge in [0.05, 0.1) is 0 Å². The van der Waals surface area contributed by atoms with Crippen molar-refractivity contribution in [3.8, 4) is 0 Å².